The third-order valence-corrected chi connectivity index (χ3v) is 3.55. The molecule has 0 bridgehead atoms. The molecule has 116 valence electrons. The Labute approximate surface area is 127 Å². The van der Waals surface area contributed by atoms with Crippen molar-refractivity contribution in [3.63, 3.8) is 0 Å². The number of aromatic nitrogens is 1. The minimum Gasteiger partial charge on any atom is -0.491 e. The number of halogens is 1. The van der Waals surface area contributed by atoms with Gasteiger partial charge in [0, 0.05) is 12.5 Å². The Morgan fingerprint density at radius 1 is 1.45 bits per heavy atom. The number of amides is 1. The molecule has 1 aromatic heterocycles. The molecule has 0 saturated carbocycles. The first-order chi connectivity index (χ1) is 10.7. The highest BCUT2D eigenvalue weighted by Gasteiger charge is 2.23. The molecule has 2 aromatic rings. The van der Waals surface area contributed by atoms with Crippen LogP contribution in [0.1, 0.15) is 35.2 Å². The standard InChI is InChI=1S/C16H17FN2O3/c1-2-3-13-8-14(19-22-13)16(20)18-12-7-10-6-11(17)4-5-15(10)21-9-12/h4-6,8,12H,2-3,7,9H2,1H3,(H,18,20). The van der Waals surface area contributed by atoms with E-state index in [0.717, 1.165) is 18.4 Å². The van der Waals surface area contributed by atoms with Crippen molar-refractivity contribution in [2.45, 2.75) is 32.2 Å². The van der Waals surface area contributed by atoms with Crippen LogP contribution in [0.5, 0.6) is 5.75 Å². The lowest BCUT2D eigenvalue weighted by molar-refractivity contribution is 0.0906. The van der Waals surface area contributed by atoms with Gasteiger partial charge in [0.05, 0.1) is 6.04 Å². The largest absolute Gasteiger partial charge is 0.491 e. The van der Waals surface area contributed by atoms with Crippen LogP contribution in [0.15, 0.2) is 28.8 Å². The fourth-order valence-corrected chi connectivity index (χ4v) is 2.50. The number of benzene rings is 1. The average molecular weight is 304 g/mol. The highest BCUT2D eigenvalue weighted by Crippen LogP contribution is 2.25. The van der Waals surface area contributed by atoms with Gasteiger partial charge in [0.1, 0.15) is 23.9 Å². The van der Waals surface area contributed by atoms with Gasteiger partial charge in [-0.05, 0) is 36.6 Å². The van der Waals surface area contributed by atoms with Crippen molar-refractivity contribution in [3.8, 4) is 5.75 Å². The molecule has 1 aliphatic heterocycles. The summed E-state index contributed by atoms with van der Waals surface area (Å²) >= 11 is 0. The molecule has 22 heavy (non-hydrogen) atoms. The number of ether oxygens (including phenoxy) is 1. The molecule has 3 rings (SSSR count). The number of carbonyl (C=O) groups excluding carboxylic acids is 1. The molecule has 1 atom stereocenters. The normalized spacial score (nSPS) is 16.7. The van der Waals surface area contributed by atoms with E-state index in [-0.39, 0.29) is 23.5 Å². The number of nitrogens with one attached hydrogen (secondary N) is 1. The molecule has 0 radical (unpaired) electrons. The van der Waals surface area contributed by atoms with Crippen molar-refractivity contribution in [2.75, 3.05) is 6.61 Å². The number of aryl methyl sites for hydroxylation is 1. The zero-order chi connectivity index (χ0) is 15.5. The van der Waals surface area contributed by atoms with Gasteiger partial charge in [-0.15, -0.1) is 0 Å². The van der Waals surface area contributed by atoms with E-state index in [0.29, 0.717) is 24.5 Å². The van der Waals surface area contributed by atoms with Crippen molar-refractivity contribution >= 4 is 5.91 Å². The van der Waals surface area contributed by atoms with Gasteiger partial charge < -0.3 is 14.6 Å². The predicted molar refractivity (Wildman–Crippen MR) is 77.4 cm³/mol. The van der Waals surface area contributed by atoms with Crippen LogP contribution in [0, 0.1) is 5.82 Å². The van der Waals surface area contributed by atoms with Crippen molar-refractivity contribution in [3.05, 3.63) is 47.1 Å². The van der Waals surface area contributed by atoms with Crippen LogP contribution in [0.4, 0.5) is 4.39 Å². The van der Waals surface area contributed by atoms with Crippen LogP contribution in [0.25, 0.3) is 0 Å². The zero-order valence-electron chi connectivity index (χ0n) is 12.3. The molecule has 5 nitrogen and oxygen atoms in total. The van der Waals surface area contributed by atoms with Crippen molar-refractivity contribution in [1.82, 2.24) is 10.5 Å². The van der Waals surface area contributed by atoms with Gasteiger partial charge in [-0.1, -0.05) is 12.1 Å². The maximum Gasteiger partial charge on any atom is 0.273 e. The second-order valence-corrected chi connectivity index (χ2v) is 5.37. The lowest BCUT2D eigenvalue weighted by atomic mass is 10.0. The molecule has 0 spiro atoms. The van der Waals surface area contributed by atoms with Gasteiger partial charge in [-0.2, -0.15) is 0 Å². The van der Waals surface area contributed by atoms with Crippen LogP contribution in [0.2, 0.25) is 0 Å². The van der Waals surface area contributed by atoms with E-state index in [2.05, 4.69) is 10.5 Å². The third kappa shape index (κ3) is 3.10. The molecule has 0 fully saturated rings. The molecule has 1 N–H and O–H groups in total. The van der Waals surface area contributed by atoms with Crippen molar-refractivity contribution < 1.29 is 18.4 Å². The van der Waals surface area contributed by atoms with Gasteiger partial charge in [0.25, 0.3) is 5.91 Å². The Bertz CT molecular complexity index is 684. The van der Waals surface area contributed by atoms with Gasteiger partial charge >= 0.3 is 0 Å². The van der Waals surface area contributed by atoms with E-state index in [9.17, 15) is 9.18 Å². The maximum absolute atomic E-state index is 13.3. The molecule has 0 aliphatic carbocycles. The summed E-state index contributed by atoms with van der Waals surface area (Å²) in [5.41, 5.74) is 1.01. The van der Waals surface area contributed by atoms with E-state index in [1.165, 1.54) is 12.1 Å². The maximum atomic E-state index is 13.3. The van der Waals surface area contributed by atoms with E-state index in [1.54, 1.807) is 12.1 Å². The fraction of sp³-hybridized carbons (Fsp3) is 0.375. The van der Waals surface area contributed by atoms with Gasteiger partial charge in [-0.3, -0.25) is 4.79 Å². The Balaban J connectivity index is 1.65. The van der Waals surface area contributed by atoms with Gasteiger partial charge in [0.15, 0.2) is 5.69 Å². The summed E-state index contributed by atoms with van der Waals surface area (Å²) in [5, 5.41) is 6.61. The molecule has 6 heteroatoms. The average Bonchev–Trinajstić information content (AvgIpc) is 2.96. The summed E-state index contributed by atoms with van der Waals surface area (Å²) in [7, 11) is 0. The first kappa shape index (κ1) is 14.6. The number of rotatable bonds is 4. The lowest BCUT2D eigenvalue weighted by Gasteiger charge is -2.25. The third-order valence-electron chi connectivity index (χ3n) is 3.55. The summed E-state index contributed by atoms with van der Waals surface area (Å²) in [6, 6.07) is 5.84. The van der Waals surface area contributed by atoms with Crippen LogP contribution >= 0.6 is 0 Å². The van der Waals surface area contributed by atoms with E-state index in [1.807, 2.05) is 6.92 Å². The number of hydrogen-bond donors (Lipinski definition) is 1. The molecule has 0 saturated heterocycles. The molecular formula is C16H17FN2O3. The highest BCUT2D eigenvalue weighted by atomic mass is 19.1. The molecule has 1 unspecified atom stereocenters. The quantitative estimate of drug-likeness (QED) is 0.942. The van der Waals surface area contributed by atoms with E-state index in [4.69, 9.17) is 9.26 Å². The topological polar surface area (TPSA) is 64.4 Å². The number of nitrogens with zero attached hydrogens (tertiary/aromatic N) is 1. The number of hydrogen-bond acceptors (Lipinski definition) is 4. The van der Waals surface area contributed by atoms with E-state index >= 15 is 0 Å². The lowest BCUT2D eigenvalue weighted by Crippen LogP contribution is -2.42. The Hall–Kier alpha value is -2.37. The highest BCUT2D eigenvalue weighted by molar-refractivity contribution is 5.92. The summed E-state index contributed by atoms with van der Waals surface area (Å²) in [4.78, 5) is 12.1. The van der Waals surface area contributed by atoms with Gasteiger partial charge in [-0.25, -0.2) is 4.39 Å². The Kier molecular flexibility index (Phi) is 4.09. The number of fused-ring (bicyclic) bond motifs is 1. The minimum absolute atomic E-state index is 0.215. The Morgan fingerprint density at radius 3 is 3.14 bits per heavy atom. The fourth-order valence-electron chi connectivity index (χ4n) is 2.50. The molecule has 2 heterocycles. The van der Waals surface area contributed by atoms with Crippen molar-refractivity contribution in [2.24, 2.45) is 0 Å². The van der Waals surface area contributed by atoms with Gasteiger partial charge in [0.2, 0.25) is 0 Å². The van der Waals surface area contributed by atoms with Crippen LogP contribution in [-0.2, 0) is 12.8 Å². The Morgan fingerprint density at radius 2 is 2.32 bits per heavy atom. The smallest absolute Gasteiger partial charge is 0.273 e. The van der Waals surface area contributed by atoms with Crippen LogP contribution < -0.4 is 10.1 Å². The molecule has 1 aromatic carbocycles. The molecule has 1 amide bonds. The van der Waals surface area contributed by atoms with E-state index < -0.39 is 0 Å². The monoisotopic (exact) mass is 304 g/mol. The zero-order valence-corrected chi connectivity index (χ0v) is 12.3. The first-order valence-corrected chi connectivity index (χ1v) is 7.33. The summed E-state index contributed by atoms with van der Waals surface area (Å²) in [5.74, 6) is 0.744. The second-order valence-electron chi connectivity index (χ2n) is 5.37. The van der Waals surface area contributed by atoms with Crippen LogP contribution in [-0.4, -0.2) is 23.7 Å². The molecular weight excluding hydrogens is 287 g/mol. The second kappa shape index (κ2) is 6.17. The van der Waals surface area contributed by atoms with Crippen LogP contribution in [0.3, 0.4) is 0 Å². The summed E-state index contributed by atoms with van der Waals surface area (Å²) < 4.78 is 23.9. The predicted octanol–water partition coefficient (Wildman–Crippen LogP) is 2.50. The van der Waals surface area contributed by atoms with Crippen molar-refractivity contribution in [1.29, 1.82) is 0 Å². The summed E-state index contributed by atoms with van der Waals surface area (Å²) in [6.07, 6.45) is 2.20. The summed E-state index contributed by atoms with van der Waals surface area (Å²) in [6.45, 7) is 2.38. The minimum atomic E-state index is -0.310. The number of carbonyl (C=O) groups is 1. The SMILES string of the molecule is CCCc1cc(C(=O)NC2COc3ccc(F)cc3C2)no1. The molecule has 1 aliphatic rings. The first-order valence-electron chi connectivity index (χ1n) is 7.33.